The third kappa shape index (κ3) is 2.47. The van der Waals surface area contributed by atoms with Crippen LogP contribution in [0.5, 0.6) is 0 Å². The lowest BCUT2D eigenvalue weighted by atomic mass is 10.2. The van der Waals surface area contributed by atoms with E-state index in [2.05, 4.69) is 9.72 Å². The number of nitrogen functional groups attached to an aromatic ring is 1. The Kier molecular flexibility index (Phi) is 3.69. The molecule has 0 spiro atoms. The first-order chi connectivity index (χ1) is 9.36. The van der Waals surface area contributed by atoms with Gasteiger partial charge in [-0.2, -0.15) is 4.31 Å². The second-order valence-electron chi connectivity index (χ2n) is 4.30. The molecule has 108 valence electrons. The van der Waals surface area contributed by atoms with Crippen molar-refractivity contribution >= 4 is 32.6 Å². The molecule has 0 saturated carbocycles. The van der Waals surface area contributed by atoms with Crippen molar-refractivity contribution in [2.45, 2.75) is 4.90 Å². The van der Waals surface area contributed by atoms with Gasteiger partial charge in [0.25, 0.3) is 0 Å². The summed E-state index contributed by atoms with van der Waals surface area (Å²) in [5.41, 5.74) is 6.80. The zero-order chi connectivity index (χ0) is 14.9. The van der Waals surface area contributed by atoms with Crippen LogP contribution >= 0.6 is 0 Å². The molecule has 2 aromatic rings. The standard InChI is InChI=1S/C12H15N3O4S/c1-15(7-12(16)19-2)20(17,18)11-6-14-10-5-8(13)3-4-9(10)11/h3-6,14H,7,13H2,1-2H3. The molecular weight excluding hydrogens is 282 g/mol. The highest BCUT2D eigenvalue weighted by atomic mass is 32.2. The summed E-state index contributed by atoms with van der Waals surface area (Å²) in [5.74, 6) is -0.625. The topological polar surface area (TPSA) is 105 Å². The number of fused-ring (bicyclic) bond motifs is 1. The molecule has 3 N–H and O–H groups in total. The maximum absolute atomic E-state index is 12.4. The second-order valence-corrected chi connectivity index (χ2v) is 6.31. The quantitative estimate of drug-likeness (QED) is 0.633. The number of H-pyrrole nitrogens is 1. The number of hydrogen-bond donors (Lipinski definition) is 2. The molecular formula is C12H15N3O4S. The van der Waals surface area contributed by atoms with E-state index in [0.717, 1.165) is 4.31 Å². The molecule has 2 rings (SSSR count). The molecule has 0 bridgehead atoms. The molecule has 0 atom stereocenters. The lowest BCUT2D eigenvalue weighted by Crippen LogP contribution is -2.32. The number of hydrogen-bond acceptors (Lipinski definition) is 5. The molecule has 1 aromatic heterocycles. The van der Waals surface area contributed by atoms with Crippen molar-refractivity contribution in [2.24, 2.45) is 0 Å². The number of ether oxygens (including phenoxy) is 1. The second kappa shape index (κ2) is 5.14. The smallest absolute Gasteiger partial charge is 0.321 e. The summed E-state index contributed by atoms with van der Waals surface area (Å²) in [6.45, 7) is -0.347. The van der Waals surface area contributed by atoms with Crippen LogP contribution in [-0.4, -0.2) is 44.4 Å². The van der Waals surface area contributed by atoms with E-state index >= 15 is 0 Å². The summed E-state index contributed by atoms with van der Waals surface area (Å²) in [6.07, 6.45) is 1.38. The predicted octanol–water partition coefficient (Wildman–Crippen LogP) is 0.544. The Balaban J connectivity index is 2.44. The molecule has 0 radical (unpaired) electrons. The number of benzene rings is 1. The summed E-state index contributed by atoms with van der Waals surface area (Å²) < 4.78 is 30.2. The highest BCUT2D eigenvalue weighted by molar-refractivity contribution is 7.89. The van der Waals surface area contributed by atoms with Gasteiger partial charge in [0.2, 0.25) is 10.0 Å². The average molecular weight is 297 g/mol. The van der Waals surface area contributed by atoms with Crippen LogP contribution in [0.2, 0.25) is 0 Å². The number of carbonyl (C=O) groups is 1. The molecule has 8 heteroatoms. The number of nitrogens with zero attached hydrogens (tertiary/aromatic N) is 1. The number of carbonyl (C=O) groups excluding carboxylic acids is 1. The third-order valence-electron chi connectivity index (χ3n) is 2.94. The van der Waals surface area contributed by atoms with Gasteiger partial charge in [-0.15, -0.1) is 0 Å². The lowest BCUT2D eigenvalue weighted by molar-refractivity contribution is -0.140. The largest absolute Gasteiger partial charge is 0.468 e. The van der Waals surface area contributed by atoms with Gasteiger partial charge in [-0.05, 0) is 18.2 Å². The summed E-state index contributed by atoms with van der Waals surface area (Å²) in [4.78, 5) is 14.1. The summed E-state index contributed by atoms with van der Waals surface area (Å²) in [7, 11) is -1.25. The summed E-state index contributed by atoms with van der Waals surface area (Å²) in [6, 6.07) is 4.89. The van der Waals surface area contributed by atoms with Crippen molar-refractivity contribution < 1.29 is 17.9 Å². The van der Waals surface area contributed by atoms with Crippen LogP contribution in [0.25, 0.3) is 10.9 Å². The van der Waals surface area contributed by atoms with E-state index in [1.54, 1.807) is 18.2 Å². The van der Waals surface area contributed by atoms with Gasteiger partial charge in [0.1, 0.15) is 11.4 Å². The Bertz CT molecular complexity index is 751. The summed E-state index contributed by atoms with van der Waals surface area (Å²) in [5, 5.41) is 0.524. The first kappa shape index (κ1) is 14.4. The molecule has 0 unspecified atom stereocenters. The fraction of sp³-hybridized carbons (Fsp3) is 0.250. The highest BCUT2D eigenvalue weighted by Crippen LogP contribution is 2.26. The molecule has 20 heavy (non-hydrogen) atoms. The van der Waals surface area contributed by atoms with Crippen LogP contribution in [0, 0.1) is 0 Å². The maximum Gasteiger partial charge on any atom is 0.321 e. The molecule has 1 aromatic carbocycles. The first-order valence-corrected chi connectivity index (χ1v) is 7.20. The fourth-order valence-electron chi connectivity index (χ4n) is 1.83. The Hall–Kier alpha value is -2.06. The number of methoxy groups -OCH3 is 1. The molecule has 0 fully saturated rings. The Labute approximate surface area is 116 Å². The van der Waals surface area contributed by atoms with E-state index in [4.69, 9.17) is 5.73 Å². The van der Waals surface area contributed by atoms with Gasteiger partial charge in [-0.1, -0.05) is 0 Å². The molecule has 0 aliphatic rings. The predicted molar refractivity (Wildman–Crippen MR) is 74.5 cm³/mol. The molecule has 0 amide bonds. The molecule has 0 aliphatic heterocycles. The van der Waals surface area contributed by atoms with Crippen molar-refractivity contribution in [3.05, 3.63) is 24.4 Å². The van der Waals surface area contributed by atoms with E-state index in [9.17, 15) is 13.2 Å². The van der Waals surface area contributed by atoms with Gasteiger partial charge in [-0.25, -0.2) is 8.42 Å². The van der Waals surface area contributed by atoms with Crippen molar-refractivity contribution in [1.29, 1.82) is 0 Å². The zero-order valence-corrected chi connectivity index (χ0v) is 11.9. The minimum absolute atomic E-state index is 0.0962. The minimum Gasteiger partial charge on any atom is -0.468 e. The lowest BCUT2D eigenvalue weighted by Gasteiger charge is -2.15. The van der Waals surface area contributed by atoms with Gasteiger partial charge < -0.3 is 15.5 Å². The van der Waals surface area contributed by atoms with E-state index in [-0.39, 0.29) is 11.4 Å². The van der Waals surface area contributed by atoms with Gasteiger partial charge in [0.15, 0.2) is 0 Å². The van der Waals surface area contributed by atoms with Crippen LogP contribution in [0.3, 0.4) is 0 Å². The number of aromatic amines is 1. The SMILES string of the molecule is COC(=O)CN(C)S(=O)(=O)c1c[nH]c2cc(N)ccc12. The molecule has 1 heterocycles. The van der Waals surface area contributed by atoms with E-state index in [1.165, 1.54) is 20.4 Å². The summed E-state index contributed by atoms with van der Waals surface area (Å²) >= 11 is 0. The zero-order valence-electron chi connectivity index (χ0n) is 11.1. The van der Waals surface area contributed by atoms with E-state index in [1.807, 2.05) is 0 Å². The number of anilines is 1. The Morgan fingerprint density at radius 1 is 1.45 bits per heavy atom. The van der Waals surface area contributed by atoms with Crippen molar-refractivity contribution in [3.8, 4) is 0 Å². The first-order valence-electron chi connectivity index (χ1n) is 5.76. The number of nitrogens with two attached hydrogens (primary N) is 1. The van der Waals surface area contributed by atoms with Crippen LogP contribution < -0.4 is 5.73 Å². The monoisotopic (exact) mass is 297 g/mol. The fourth-order valence-corrected chi connectivity index (χ4v) is 3.10. The van der Waals surface area contributed by atoms with Crippen LogP contribution in [0.15, 0.2) is 29.3 Å². The number of rotatable bonds is 4. The number of likely N-dealkylation sites (N-methyl/N-ethyl adjacent to an activating group) is 1. The third-order valence-corrected chi connectivity index (χ3v) is 4.78. The van der Waals surface area contributed by atoms with Crippen LogP contribution in [0.4, 0.5) is 5.69 Å². The number of sulfonamides is 1. The maximum atomic E-state index is 12.4. The average Bonchev–Trinajstić information content (AvgIpc) is 2.81. The number of aromatic nitrogens is 1. The minimum atomic E-state index is -3.78. The van der Waals surface area contributed by atoms with Gasteiger partial charge in [0, 0.05) is 29.8 Å². The van der Waals surface area contributed by atoms with Crippen molar-refractivity contribution in [3.63, 3.8) is 0 Å². The Morgan fingerprint density at radius 2 is 2.15 bits per heavy atom. The van der Waals surface area contributed by atoms with Crippen molar-refractivity contribution in [2.75, 3.05) is 26.4 Å². The van der Waals surface area contributed by atoms with Gasteiger partial charge in [0.05, 0.1) is 7.11 Å². The molecule has 7 nitrogen and oxygen atoms in total. The van der Waals surface area contributed by atoms with Crippen LogP contribution in [-0.2, 0) is 19.6 Å². The van der Waals surface area contributed by atoms with E-state index in [0.29, 0.717) is 16.6 Å². The van der Waals surface area contributed by atoms with Gasteiger partial charge in [-0.3, -0.25) is 4.79 Å². The van der Waals surface area contributed by atoms with E-state index < -0.39 is 16.0 Å². The number of nitrogens with one attached hydrogen (secondary N) is 1. The highest BCUT2D eigenvalue weighted by Gasteiger charge is 2.26. The van der Waals surface area contributed by atoms with Crippen LogP contribution in [0.1, 0.15) is 0 Å². The number of esters is 1. The Morgan fingerprint density at radius 3 is 2.80 bits per heavy atom. The molecule has 0 aliphatic carbocycles. The van der Waals surface area contributed by atoms with Gasteiger partial charge >= 0.3 is 5.97 Å². The molecule has 0 saturated heterocycles. The normalized spacial score (nSPS) is 11.9. The van der Waals surface area contributed by atoms with Crippen molar-refractivity contribution in [1.82, 2.24) is 9.29 Å².